The maximum absolute atomic E-state index is 14.3. The minimum Gasteiger partial charge on any atom is -0.325 e. The molecule has 40 heavy (non-hydrogen) atoms. The Balaban J connectivity index is 1.50. The molecule has 1 atom stereocenters. The summed E-state index contributed by atoms with van der Waals surface area (Å²) in [5.74, 6) is 0.433. The van der Waals surface area contributed by atoms with Crippen LogP contribution < -0.4 is 16.0 Å². The Morgan fingerprint density at radius 3 is 2.33 bits per heavy atom. The number of nitrogens with zero attached hydrogens (tertiary/aromatic N) is 3. The van der Waals surface area contributed by atoms with Gasteiger partial charge in [-0.15, -0.1) is 0 Å². The number of hydrogen-bond donors (Lipinski definition) is 2. The van der Waals surface area contributed by atoms with E-state index in [0.29, 0.717) is 36.2 Å². The van der Waals surface area contributed by atoms with Gasteiger partial charge in [0.25, 0.3) is 0 Å². The zero-order valence-corrected chi connectivity index (χ0v) is 23.4. The van der Waals surface area contributed by atoms with Crippen molar-refractivity contribution in [3.63, 3.8) is 0 Å². The first-order valence-corrected chi connectivity index (χ1v) is 14.4. The van der Waals surface area contributed by atoms with E-state index in [1.54, 1.807) is 9.91 Å². The number of rotatable bonds is 8. The molecule has 1 unspecified atom stereocenters. The van der Waals surface area contributed by atoms with Gasteiger partial charge in [0.2, 0.25) is 5.91 Å². The van der Waals surface area contributed by atoms with Crippen LogP contribution in [-0.4, -0.2) is 28.7 Å². The molecule has 1 fully saturated rings. The standard InChI is InChI=1S/C33H39N5O2/c1-23(2)21-29(34)32(39)35-26-17-19-27(20-18-26)38-30-16-10-9-15-28(30)31(25-13-7-4-8-14-25)36-37(33(38)40)22-24-11-5-3-6-12-24/h3,5-6,9-12,15-20,23,25,29H,4,7-8,13-14,21-22,34H2,1-2H3,(H,35,39). The fraction of sp³-hybridized carbons (Fsp3) is 0.364. The maximum atomic E-state index is 14.3. The monoisotopic (exact) mass is 537 g/mol. The first-order valence-electron chi connectivity index (χ1n) is 14.4. The van der Waals surface area contributed by atoms with Crippen molar-refractivity contribution in [1.82, 2.24) is 5.01 Å². The normalized spacial score (nSPS) is 16.8. The zero-order valence-electron chi connectivity index (χ0n) is 23.4. The number of hydrogen-bond acceptors (Lipinski definition) is 4. The number of benzene rings is 3. The van der Waals surface area contributed by atoms with Gasteiger partial charge in [-0.05, 0) is 61.1 Å². The zero-order chi connectivity index (χ0) is 28.1. The van der Waals surface area contributed by atoms with Crippen LogP contribution in [0.4, 0.5) is 21.9 Å². The minimum absolute atomic E-state index is 0.210. The molecule has 2 aliphatic rings. The molecular weight excluding hydrogens is 498 g/mol. The molecule has 0 bridgehead atoms. The fourth-order valence-corrected chi connectivity index (χ4v) is 5.66. The van der Waals surface area contributed by atoms with Crippen molar-refractivity contribution >= 4 is 34.7 Å². The van der Waals surface area contributed by atoms with Gasteiger partial charge in [-0.2, -0.15) is 5.10 Å². The largest absolute Gasteiger partial charge is 0.349 e. The number of carbonyl (C=O) groups excluding carboxylic acids is 2. The summed E-state index contributed by atoms with van der Waals surface area (Å²) < 4.78 is 0. The van der Waals surface area contributed by atoms with Crippen molar-refractivity contribution in [1.29, 1.82) is 0 Å². The van der Waals surface area contributed by atoms with E-state index < -0.39 is 6.04 Å². The molecule has 3 amide bonds. The molecule has 3 aromatic rings. The van der Waals surface area contributed by atoms with Crippen LogP contribution in [0, 0.1) is 11.8 Å². The van der Waals surface area contributed by atoms with Crippen LogP contribution in [0.25, 0.3) is 0 Å². The Bertz CT molecular complexity index is 1350. The SMILES string of the molecule is CC(C)CC(N)C(=O)Nc1ccc(N2C(=O)N(Cc3ccccc3)N=C(C3CCCCC3)c3ccccc32)cc1. The summed E-state index contributed by atoms with van der Waals surface area (Å²) in [6.45, 7) is 4.47. The lowest BCUT2D eigenvalue weighted by Crippen LogP contribution is -2.37. The molecule has 0 spiro atoms. The number of urea groups is 1. The van der Waals surface area contributed by atoms with Crippen LogP contribution in [0.3, 0.4) is 0 Å². The molecule has 208 valence electrons. The van der Waals surface area contributed by atoms with Gasteiger partial charge >= 0.3 is 6.03 Å². The highest BCUT2D eigenvalue weighted by Gasteiger charge is 2.34. The Hall–Kier alpha value is -3.97. The van der Waals surface area contributed by atoms with Crippen molar-refractivity contribution in [2.75, 3.05) is 10.2 Å². The molecule has 5 rings (SSSR count). The van der Waals surface area contributed by atoms with Gasteiger partial charge in [0.1, 0.15) is 0 Å². The van der Waals surface area contributed by atoms with Crippen LogP contribution in [-0.2, 0) is 11.3 Å². The van der Waals surface area contributed by atoms with Gasteiger partial charge in [-0.1, -0.05) is 81.6 Å². The topological polar surface area (TPSA) is 91.0 Å². The summed E-state index contributed by atoms with van der Waals surface area (Å²) in [6, 6.07) is 24.6. The van der Waals surface area contributed by atoms with E-state index in [9.17, 15) is 9.59 Å². The molecule has 1 heterocycles. The summed E-state index contributed by atoms with van der Waals surface area (Å²) in [6.07, 6.45) is 6.37. The van der Waals surface area contributed by atoms with E-state index in [0.717, 1.165) is 35.4 Å². The number of nitrogens with two attached hydrogens (primary N) is 1. The summed E-state index contributed by atoms with van der Waals surface area (Å²) in [5, 5.41) is 9.60. The van der Waals surface area contributed by atoms with E-state index in [2.05, 4.69) is 11.4 Å². The average Bonchev–Trinajstić information content (AvgIpc) is 3.08. The second kappa shape index (κ2) is 12.5. The van der Waals surface area contributed by atoms with Crippen LogP contribution in [0.1, 0.15) is 63.5 Å². The predicted molar refractivity (Wildman–Crippen MR) is 162 cm³/mol. The smallest absolute Gasteiger partial charge is 0.325 e. The Morgan fingerprint density at radius 2 is 1.62 bits per heavy atom. The van der Waals surface area contributed by atoms with Gasteiger partial charge in [0.05, 0.1) is 29.7 Å². The lowest BCUT2D eigenvalue weighted by molar-refractivity contribution is -0.117. The number of carbonyl (C=O) groups is 2. The highest BCUT2D eigenvalue weighted by molar-refractivity contribution is 6.13. The molecular formula is C33H39N5O2. The fourth-order valence-electron chi connectivity index (χ4n) is 5.66. The maximum Gasteiger partial charge on any atom is 0.349 e. The number of anilines is 3. The number of hydrazone groups is 1. The molecule has 7 heteroatoms. The molecule has 0 saturated heterocycles. The lowest BCUT2D eigenvalue weighted by Gasteiger charge is -2.27. The van der Waals surface area contributed by atoms with Gasteiger partial charge in [0, 0.05) is 17.2 Å². The summed E-state index contributed by atoms with van der Waals surface area (Å²) in [4.78, 5) is 28.6. The number of fused-ring (bicyclic) bond motifs is 1. The summed E-state index contributed by atoms with van der Waals surface area (Å²) >= 11 is 0. The minimum atomic E-state index is -0.569. The summed E-state index contributed by atoms with van der Waals surface area (Å²) in [5.41, 5.74) is 11.2. The first kappa shape index (κ1) is 27.6. The Kier molecular flexibility index (Phi) is 8.60. The quantitative estimate of drug-likeness (QED) is 0.322. The molecule has 1 aliphatic heterocycles. The second-order valence-electron chi connectivity index (χ2n) is 11.3. The van der Waals surface area contributed by atoms with Crippen molar-refractivity contribution in [3.8, 4) is 0 Å². The van der Waals surface area contributed by atoms with Crippen LogP contribution in [0.2, 0.25) is 0 Å². The van der Waals surface area contributed by atoms with Gasteiger partial charge in [-0.25, -0.2) is 9.80 Å². The molecule has 3 N–H and O–H groups in total. The number of nitrogens with one attached hydrogen (secondary N) is 1. The highest BCUT2D eigenvalue weighted by Crippen LogP contribution is 2.38. The highest BCUT2D eigenvalue weighted by atomic mass is 16.2. The van der Waals surface area contributed by atoms with E-state index in [1.807, 2.05) is 86.6 Å². The van der Waals surface area contributed by atoms with Crippen molar-refractivity contribution in [3.05, 3.63) is 90.0 Å². The van der Waals surface area contributed by atoms with Crippen molar-refractivity contribution in [2.24, 2.45) is 22.7 Å². The summed E-state index contributed by atoms with van der Waals surface area (Å²) in [7, 11) is 0. The molecule has 7 nitrogen and oxygen atoms in total. The molecule has 0 radical (unpaired) electrons. The first-order chi connectivity index (χ1) is 19.4. The number of para-hydroxylation sites is 1. The molecule has 3 aromatic carbocycles. The third kappa shape index (κ3) is 6.26. The lowest BCUT2D eigenvalue weighted by atomic mass is 9.83. The van der Waals surface area contributed by atoms with Crippen LogP contribution in [0.15, 0.2) is 84.0 Å². The Labute approximate surface area is 237 Å². The van der Waals surface area contributed by atoms with E-state index >= 15 is 0 Å². The van der Waals surface area contributed by atoms with Gasteiger partial charge < -0.3 is 11.1 Å². The second-order valence-corrected chi connectivity index (χ2v) is 11.3. The van der Waals surface area contributed by atoms with Gasteiger partial charge in [-0.3, -0.25) is 9.69 Å². The van der Waals surface area contributed by atoms with E-state index in [4.69, 9.17) is 10.8 Å². The van der Waals surface area contributed by atoms with Crippen molar-refractivity contribution in [2.45, 2.75) is 65.0 Å². The third-order valence-electron chi connectivity index (χ3n) is 7.68. The molecule has 1 saturated carbocycles. The molecule has 1 aliphatic carbocycles. The predicted octanol–water partition coefficient (Wildman–Crippen LogP) is 7.06. The third-order valence-corrected chi connectivity index (χ3v) is 7.68. The van der Waals surface area contributed by atoms with E-state index in [-0.39, 0.29) is 11.9 Å². The van der Waals surface area contributed by atoms with Crippen molar-refractivity contribution < 1.29 is 9.59 Å². The Morgan fingerprint density at radius 1 is 0.950 bits per heavy atom. The van der Waals surface area contributed by atoms with Crippen LogP contribution >= 0.6 is 0 Å². The average molecular weight is 538 g/mol. The number of amides is 3. The molecule has 0 aromatic heterocycles. The van der Waals surface area contributed by atoms with Crippen LogP contribution in [0.5, 0.6) is 0 Å². The van der Waals surface area contributed by atoms with Gasteiger partial charge in [0.15, 0.2) is 0 Å². The van der Waals surface area contributed by atoms with E-state index in [1.165, 1.54) is 19.3 Å².